The highest BCUT2D eigenvalue weighted by Crippen LogP contribution is 2.39. The summed E-state index contributed by atoms with van der Waals surface area (Å²) >= 11 is 4.00. The van der Waals surface area contributed by atoms with Crippen LogP contribution in [0.25, 0.3) is 0 Å². The minimum absolute atomic E-state index is 0.0629. The number of nitrogens with one attached hydrogen (secondary N) is 1. The van der Waals surface area contributed by atoms with E-state index >= 15 is 0 Å². The fourth-order valence-electron chi connectivity index (χ4n) is 2.51. The minimum Gasteiger partial charge on any atom is -0.388 e. The molecule has 2 N–H and O–H groups in total. The molecule has 1 saturated carbocycles. The van der Waals surface area contributed by atoms with Gasteiger partial charge in [-0.25, -0.2) is 0 Å². The number of thiol groups is 1. The van der Waals surface area contributed by atoms with E-state index in [0.29, 0.717) is 57.6 Å². The summed E-state index contributed by atoms with van der Waals surface area (Å²) in [6.45, 7) is 1.57. The van der Waals surface area contributed by atoms with Gasteiger partial charge in [-0.1, -0.05) is 0 Å². The lowest BCUT2D eigenvalue weighted by Gasteiger charge is -2.40. The maximum Gasteiger partial charge on any atom is 0.220 e. The van der Waals surface area contributed by atoms with Gasteiger partial charge in [0.1, 0.15) is 0 Å². The molecule has 18 heavy (non-hydrogen) atoms. The van der Waals surface area contributed by atoms with Crippen LogP contribution in [-0.2, 0) is 14.3 Å². The number of amides is 1. The Kier molecular flexibility index (Phi) is 4.53. The Morgan fingerprint density at radius 3 is 2.39 bits per heavy atom. The summed E-state index contributed by atoms with van der Waals surface area (Å²) in [4.78, 5) is 11.4. The van der Waals surface area contributed by atoms with E-state index in [0.717, 1.165) is 0 Å². The number of rotatable bonds is 4. The molecular weight excluding hydrogens is 254 g/mol. The molecule has 1 spiro atoms. The van der Waals surface area contributed by atoms with Crippen LogP contribution < -0.4 is 5.32 Å². The van der Waals surface area contributed by atoms with Crippen LogP contribution in [-0.4, -0.2) is 47.9 Å². The van der Waals surface area contributed by atoms with Gasteiger partial charge in [0.15, 0.2) is 5.79 Å². The fraction of sp³-hybridized carbons (Fsp3) is 0.917. The molecule has 0 aromatic rings. The Labute approximate surface area is 113 Å². The monoisotopic (exact) mass is 275 g/mol. The van der Waals surface area contributed by atoms with Gasteiger partial charge in [0.2, 0.25) is 5.91 Å². The molecule has 0 aromatic heterocycles. The van der Waals surface area contributed by atoms with Gasteiger partial charge in [-0.2, -0.15) is 12.6 Å². The molecular formula is C12H21NO4S. The van der Waals surface area contributed by atoms with E-state index in [2.05, 4.69) is 17.9 Å². The Morgan fingerprint density at radius 2 is 1.83 bits per heavy atom. The molecule has 0 unspecified atom stereocenters. The molecule has 1 amide bonds. The van der Waals surface area contributed by atoms with Gasteiger partial charge in [0.25, 0.3) is 0 Å². The zero-order chi connectivity index (χ0) is 13.1. The average Bonchev–Trinajstić information content (AvgIpc) is 2.81. The van der Waals surface area contributed by atoms with Crippen molar-refractivity contribution in [2.45, 2.75) is 43.5 Å². The Hall–Kier alpha value is -0.300. The lowest BCUT2D eigenvalue weighted by atomic mass is 9.81. The second-order valence-electron chi connectivity index (χ2n) is 5.08. The van der Waals surface area contributed by atoms with Crippen LogP contribution in [0.3, 0.4) is 0 Å². The van der Waals surface area contributed by atoms with Crippen molar-refractivity contribution in [3.63, 3.8) is 0 Å². The van der Waals surface area contributed by atoms with E-state index in [1.807, 2.05) is 0 Å². The van der Waals surface area contributed by atoms with E-state index in [4.69, 9.17) is 9.47 Å². The van der Waals surface area contributed by atoms with Crippen LogP contribution in [0.5, 0.6) is 0 Å². The van der Waals surface area contributed by atoms with Crippen LogP contribution in [0, 0.1) is 0 Å². The first-order valence-corrected chi connectivity index (χ1v) is 7.09. The van der Waals surface area contributed by atoms with Gasteiger partial charge in [0.05, 0.1) is 18.8 Å². The van der Waals surface area contributed by atoms with E-state index in [-0.39, 0.29) is 5.91 Å². The Morgan fingerprint density at radius 1 is 1.22 bits per heavy atom. The highest BCUT2D eigenvalue weighted by atomic mass is 32.1. The predicted octanol–water partition coefficient (Wildman–Crippen LogP) is 0.471. The third-order valence-electron chi connectivity index (χ3n) is 3.71. The number of ether oxygens (including phenoxy) is 2. The molecule has 104 valence electrons. The van der Waals surface area contributed by atoms with Gasteiger partial charge in [-0.3, -0.25) is 4.79 Å². The number of aliphatic hydroxyl groups is 1. The van der Waals surface area contributed by atoms with Crippen molar-refractivity contribution in [1.82, 2.24) is 5.32 Å². The molecule has 1 saturated heterocycles. The normalized spacial score (nSPS) is 25.2. The first-order valence-electron chi connectivity index (χ1n) is 6.45. The number of hydrogen-bond acceptors (Lipinski definition) is 5. The zero-order valence-electron chi connectivity index (χ0n) is 10.5. The zero-order valence-corrected chi connectivity index (χ0v) is 11.4. The van der Waals surface area contributed by atoms with Crippen LogP contribution in [0.2, 0.25) is 0 Å². The molecule has 1 aliphatic carbocycles. The lowest BCUT2D eigenvalue weighted by molar-refractivity contribution is -0.201. The molecule has 0 radical (unpaired) electrons. The number of carbonyl (C=O) groups is 1. The van der Waals surface area contributed by atoms with Gasteiger partial charge in [0, 0.05) is 25.8 Å². The summed E-state index contributed by atoms with van der Waals surface area (Å²) in [5.74, 6) is -0.0109. The Bertz CT molecular complexity index is 294. The standard InChI is InChI=1S/C12H21NO4S/c14-10(1-8-18)13-9-11(15)2-4-12(5-3-11)16-6-7-17-12/h15,18H,1-9H2,(H,13,14). The first kappa shape index (κ1) is 14.1. The molecule has 2 rings (SSSR count). The minimum atomic E-state index is -0.827. The predicted molar refractivity (Wildman–Crippen MR) is 69.5 cm³/mol. The van der Waals surface area contributed by atoms with Gasteiger partial charge < -0.3 is 19.9 Å². The van der Waals surface area contributed by atoms with E-state index in [1.54, 1.807) is 0 Å². The number of carbonyl (C=O) groups excluding carboxylic acids is 1. The highest BCUT2D eigenvalue weighted by Gasteiger charge is 2.45. The molecule has 0 aromatic carbocycles. The largest absolute Gasteiger partial charge is 0.388 e. The van der Waals surface area contributed by atoms with Crippen molar-refractivity contribution in [2.75, 3.05) is 25.5 Å². The molecule has 2 fully saturated rings. The maximum atomic E-state index is 11.4. The van der Waals surface area contributed by atoms with E-state index in [1.165, 1.54) is 0 Å². The maximum absolute atomic E-state index is 11.4. The van der Waals surface area contributed by atoms with Crippen molar-refractivity contribution >= 4 is 18.5 Å². The van der Waals surface area contributed by atoms with Crippen molar-refractivity contribution in [1.29, 1.82) is 0 Å². The topological polar surface area (TPSA) is 67.8 Å². The smallest absolute Gasteiger partial charge is 0.220 e. The first-order chi connectivity index (χ1) is 8.58. The summed E-state index contributed by atoms with van der Waals surface area (Å²) in [6, 6.07) is 0. The van der Waals surface area contributed by atoms with E-state index < -0.39 is 11.4 Å². The van der Waals surface area contributed by atoms with Gasteiger partial charge in [-0.15, -0.1) is 0 Å². The van der Waals surface area contributed by atoms with Crippen molar-refractivity contribution < 1.29 is 19.4 Å². The summed E-state index contributed by atoms with van der Waals surface area (Å²) in [7, 11) is 0. The third kappa shape index (κ3) is 3.38. The third-order valence-corrected chi connectivity index (χ3v) is 3.93. The van der Waals surface area contributed by atoms with Crippen molar-refractivity contribution in [3.05, 3.63) is 0 Å². The van der Waals surface area contributed by atoms with Crippen LogP contribution in [0.1, 0.15) is 32.1 Å². The lowest BCUT2D eigenvalue weighted by Crippen LogP contribution is -2.49. The van der Waals surface area contributed by atoms with Crippen LogP contribution in [0.4, 0.5) is 0 Å². The van der Waals surface area contributed by atoms with Gasteiger partial charge >= 0.3 is 0 Å². The summed E-state index contributed by atoms with van der Waals surface area (Å²) in [5.41, 5.74) is -0.827. The molecule has 6 heteroatoms. The second-order valence-corrected chi connectivity index (χ2v) is 5.53. The van der Waals surface area contributed by atoms with Crippen molar-refractivity contribution in [3.8, 4) is 0 Å². The molecule has 5 nitrogen and oxygen atoms in total. The summed E-state index contributed by atoms with van der Waals surface area (Å²) < 4.78 is 11.2. The van der Waals surface area contributed by atoms with Crippen LogP contribution >= 0.6 is 12.6 Å². The summed E-state index contributed by atoms with van der Waals surface area (Å²) in [5, 5.41) is 13.1. The molecule has 1 aliphatic heterocycles. The van der Waals surface area contributed by atoms with Gasteiger partial charge in [-0.05, 0) is 18.6 Å². The van der Waals surface area contributed by atoms with Crippen molar-refractivity contribution in [2.24, 2.45) is 0 Å². The average molecular weight is 275 g/mol. The molecule has 0 bridgehead atoms. The molecule has 2 aliphatic rings. The second kappa shape index (κ2) is 5.77. The summed E-state index contributed by atoms with van der Waals surface area (Å²) in [6.07, 6.45) is 2.94. The SMILES string of the molecule is O=C(CCS)NCC1(O)CCC2(CC1)OCCO2. The van der Waals surface area contributed by atoms with Crippen LogP contribution in [0.15, 0.2) is 0 Å². The molecule has 1 heterocycles. The molecule has 0 atom stereocenters. The fourth-order valence-corrected chi connectivity index (χ4v) is 2.71. The Balaban J connectivity index is 1.78. The highest BCUT2D eigenvalue weighted by molar-refractivity contribution is 7.80. The number of hydrogen-bond donors (Lipinski definition) is 3. The quantitative estimate of drug-likeness (QED) is 0.653. The van der Waals surface area contributed by atoms with E-state index in [9.17, 15) is 9.90 Å².